The predicted molar refractivity (Wildman–Crippen MR) is 81.0 cm³/mol. The van der Waals surface area contributed by atoms with Gasteiger partial charge in [0.1, 0.15) is 18.8 Å². The van der Waals surface area contributed by atoms with Gasteiger partial charge in [0.05, 0.1) is 5.69 Å². The van der Waals surface area contributed by atoms with Gasteiger partial charge in [0, 0.05) is 17.1 Å². The van der Waals surface area contributed by atoms with Gasteiger partial charge in [-0.3, -0.25) is 0 Å². The summed E-state index contributed by atoms with van der Waals surface area (Å²) in [5.74, 6) is 0.128. The van der Waals surface area contributed by atoms with Crippen molar-refractivity contribution in [1.82, 2.24) is 0 Å². The van der Waals surface area contributed by atoms with E-state index < -0.39 is 5.97 Å². The maximum Gasteiger partial charge on any atom is 0.342 e. The minimum atomic E-state index is -0.421. The Labute approximate surface area is 127 Å². The van der Waals surface area contributed by atoms with Crippen molar-refractivity contribution in [2.75, 3.05) is 18.5 Å². The fourth-order valence-corrected chi connectivity index (χ4v) is 2.36. The lowest BCUT2D eigenvalue weighted by atomic mass is 10.1. The van der Waals surface area contributed by atoms with E-state index in [0.29, 0.717) is 22.9 Å². The highest BCUT2D eigenvalue weighted by molar-refractivity contribution is 6.31. The Kier molecular flexibility index (Phi) is 3.97. The van der Waals surface area contributed by atoms with Gasteiger partial charge in [-0.1, -0.05) is 35.9 Å². The van der Waals surface area contributed by atoms with E-state index >= 15 is 0 Å². The number of rotatable bonds is 3. The highest BCUT2D eigenvalue weighted by Gasteiger charge is 2.20. The molecule has 3 rings (SSSR count). The van der Waals surface area contributed by atoms with Crippen LogP contribution in [0.15, 0.2) is 42.5 Å². The van der Waals surface area contributed by atoms with Crippen LogP contribution >= 0.6 is 11.6 Å². The molecule has 108 valence electrons. The molecule has 0 radical (unpaired) electrons. The van der Waals surface area contributed by atoms with E-state index in [9.17, 15) is 4.79 Å². The Bertz CT molecular complexity index is 672. The number of hydrogen-bond acceptors (Lipinski definition) is 4. The second-order valence-electron chi connectivity index (χ2n) is 4.63. The molecule has 0 fully saturated rings. The molecule has 2 aromatic rings. The van der Waals surface area contributed by atoms with Crippen molar-refractivity contribution in [3.8, 4) is 5.75 Å². The van der Waals surface area contributed by atoms with Crippen molar-refractivity contribution in [2.24, 2.45) is 0 Å². The number of anilines is 1. The molecule has 0 saturated heterocycles. The summed E-state index contributed by atoms with van der Waals surface area (Å²) in [6.07, 6.45) is 0. The third-order valence-electron chi connectivity index (χ3n) is 3.22. The van der Waals surface area contributed by atoms with Crippen LogP contribution < -0.4 is 10.1 Å². The van der Waals surface area contributed by atoms with E-state index in [1.54, 1.807) is 18.2 Å². The van der Waals surface area contributed by atoms with Crippen molar-refractivity contribution in [1.29, 1.82) is 0 Å². The monoisotopic (exact) mass is 303 g/mol. The smallest absolute Gasteiger partial charge is 0.342 e. The van der Waals surface area contributed by atoms with Crippen LogP contribution in [0.4, 0.5) is 5.69 Å². The topological polar surface area (TPSA) is 47.6 Å². The standard InChI is InChI=1S/C16H14ClNO3/c17-13-6-2-1-4-11(13)10-21-16(19)12-5-3-7-14-15(12)20-9-8-18-14/h1-7,18H,8-10H2. The first-order valence-electron chi connectivity index (χ1n) is 6.66. The first-order valence-corrected chi connectivity index (χ1v) is 7.04. The van der Waals surface area contributed by atoms with Gasteiger partial charge in [-0.25, -0.2) is 4.79 Å². The van der Waals surface area contributed by atoms with Gasteiger partial charge in [0.25, 0.3) is 0 Å². The van der Waals surface area contributed by atoms with Gasteiger partial charge in [-0.15, -0.1) is 0 Å². The van der Waals surface area contributed by atoms with Crippen LogP contribution in [0.1, 0.15) is 15.9 Å². The normalized spacial score (nSPS) is 12.8. The molecule has 0 amide bonds. The van der Waals surface area contributed by atoms with E-state index in [0.717, 1.165) is 17.8 Å². The molecular formula is C16H14ClNO3. The van der Waals surface area contributed by atoms with Crippen LogP contribution in [0.3, 0.4) is 0 Å². The van der Waals surface area contributed by atoms with E-state index in [1.165, 1.54) is 0 Å². The van der Waals surface area contributed by atoms with Gasteiger partial charge < -0.3 is 14.8 Å². The molecule has 0 bridgehead atoms. The van der Waals surface area contributed by atoms with Crippen molar-refractivity contribution in [3.05, 3.63) is 58.6 Å². The van der Waals surface area contributed by atoms with Crippen molar-refractivity contribution >= 4 is 23.3 Å². The van der Waals surface area contributed by atoms with Crippen LogP contribution in [0, 0.1) is 0 Å². The summed E-state index contributed by atoms with van der Waals surface area (Å²) in [6.45, 7) is 1.39. The summed E-state index contributed by atoms with van der Waals surface area (Å²) in [4.78, 5) is 12.2. The maximum atomic E-state index is 12.2. The summed E-state index contributed by atoms with van der Waals surface area (Å²) >= 11 is 6.04. The fraction of sp³-hybridized carbons (Fsp3) is 0.188. The molecule has 4 nitrogen and oxygen atoms in total. The molecular weight excluding hydrogens is 290 g/mol. The number of esters is 1. The second kappa shape index (κ2) is 6.06. The third kappa shape index (κ3) is 2.95. The molecule has 1 heterocycles. The molecule has 0 aromatic heterocycles. The zero-order chi connectivity index (χ0) is 14.7. The minimum absolute atomic E-state index is 0.135. The lowest BCUT2D eigenvalue weighted by Crippen LogP contribution is -2.20. The molecule has 1 N–H and O–H groups in total. The van der Waals surface area contributed by atoms with Crippen LogP contribution in [0.2, 0.25) is 5.02 Å². The molecule has 0 aliphatic carbocycles. The number of halogens is 1. The molecule has 0 atom stereocenters. The van der Waals surface area contributed by atoms with E-state index in [2.05, 4.69) is 5.32 Å². The van der Waals surface area contributed by atoms with Crippen LogP contribution in [0.5, 0.6) is 5.75 Å². The highest BCUT2D eigenvalue weighted by Crippen LogP contribution is 2.31. The van der Waals surface area contributed by atoms with Crippen molar-refractivity contribution < 1.29 is 14.3 Å². The van der Waals surface area contributed by atoms with E-state index in [-0.39, 0.29) is 6.61 Å². The average molecular weight is 304 g/mol. The zero-order valence-electron chi connectivity index (χ0n) is 11.3. The SMILES string of the molecule is O=C(OCc1ccccc1Cl)c1cccc2c1OCCN2. The summed E-state index contributed by atoms with van der Waals surface area (Å²) < 4.78 is 10.9. The molecule has 1 aliphatic rings. The largest absolute Gasteiger partial charge is 0.489 e. The number of hydrogen-bond donors (Lipinski definition) is 1. The average Bonchev–Trinajstić information content (AvgIpc) is 2.53. The van der Waals surface area contributed by atoms with Crippen LogP contribution in [-0.4, -0.2) is 19.1 Å². The predicted octanol–water partition coefficient (Wildman–Crippen LogP) is 3.50. The Hall–Kier alpha value is -2.20. The number of fused-ring (bicyclic) bond motifs is 1. The molecule has 5 heteroatoms. The number of benzene rings is 2. The lowest BCUT2D eigenvalue weighted by molar-refractivity contribution is 0.0468. The molecule has 0 saturated carbocycles. The van der Waals surface area contributed by atoms with Gasteiger partial charge >= 0.3 is 5.97 Å². The maximum absolute atomic E-state index is 12.2. The number of nitrogens with one attached hydrogen (secondary N) is 1. The van der Waals surface area contributed by atoms with Crippen molar-refractivity contribution in [3.63, 3.8) is 0 Å². The Morgan fingerprint density at radius 2 is 2.10 bits per heavy atom. The Morgan fingerprint density at radius 1 is 1.24 bits per heavy atom. The first-order chi connectivity index (χ1) is 10.3. The third-order valence-corrected chi connectivity index (χ3v) is 3.58. The molecule has 2 aromatic carbocycles. The molecule has 1 aliphatic heterocycles. The second-order valence-corrected chi connectivity index (χ2v) is 5.03. The first kappa shape index (κ1) is 13.8. The van der Waals surface area contributed by atoms with E-state index in [1.807, 2.05) is 24.3 Å². The molecule has 21 heavy (non-hydrogen) atoms. The van der Waals surface area contributed by atoms with Crippen LogP contribution in [-0.2, 0) is 11.3 Å². The number of para-hydroxylation sites is 1. The number of carbonyl (C=O) groups is 1. The summed E-state index contributed by atoms with van der Waals surface area (Å²) in [6, 6.07) is 12.6. The highest BCUT2D eigenvalue weighted by atomic mass is 35.5. The zero-order valence-corrected chi connectivity index (χ0v) is 12.0. The Balaban J connectivity index is 1.76. The molecule has 0 spiro atoms. The van der Waals surface area contributed by atoms with Gasteiger partial charge in [0.15, 0.2) is 5.75 Å². The summed E-state index contributed by atoms with van der Waals surface area (Å²) in [7, 11) is 0. The fourth-order valence-electron chi connectivity index (χ4n) is 2.17. The molecule has 0 unspecified atom stereocenters. The summed E-state index contributed by atoms with van der Waals surface area (Å²) in [5, 5.41) is 3.77. The van der Waals surface area contributed by atoms with Crippen molar-refractivity contribution in [2.45, 2.75) is 6.61 Å². The van der Waals surface area contributed by atoms with E-state index in [4.69, 9.17) is 21.1 Å². The Morgan fingerprint density at radius 3 is 2.95 bits per heavy atom. The van der Waals surface area contributed by atoms with Gasteiger partial charge in [0.2, 0.25) is 0 Å². The van der Waals surface area contributed by atoms with Gasteiger partial charge in [-0.05, 0) is 18.2 Å². The minimum Gasteiger partial charge on any atom is -0.489 e. The van der Waals surface area contributed by atoms with Crippen LogP contribution in [0.25, 0.3) is 0 Å². The van der Waals surface area contributed by atoms with Gasteiger partial charge in [-0.2, -0.15) is 0 Å². The lowest BCUT2D eigenvalue weighted by Gasteiger charge is -2.21. The summed E-state index contributed by atoms with van der Waals surface area (Å²) in [5.41, 5.74) is 2.01. The number of ether oxygens (including phenoxy) is 2. The quantitative estimate of drug-likeness (QED) is 0.882. The number of carbonyl (C=O) groups excluding carboxylic acids is 1.